The summed E-state index contributed by atoms with van der Waals surface area (Å²) >= 11 is 9.59. The largest absolute Gasteiger partial charge is 0.436 e. The van der Waals surface area contributed by atoms with Gasteiger partial charge in [0.1, 0.15) is 5.52 Å². The van der Waals surface area contributed by atoms with E-state index >= 15 is 0 Å². The summed E-state index contributed by atoms with van der Waals surface area (Å²) < 4.78 is 6.48. The van der Waals surface area contributed by atoms with Crippen LogP contribution >= 0.6 is 27.5 Å². The first kappa shape index (κ1) is 11.6. The maximum Gasteiger partial charge on any atom is 0.228 e. The van der Waals surface area contributed by atoms with Gasteiger partial charge in [0.25, 0.3) is 0 Å². The number of fused-ring (bicyclic) bond motifs is 1. The van der Waals surface area contributed by atoms with Gasteiger partial charge in [0.2, 0.25) is 5.89 Å². The molecule has 3 nitrogen and oxygen atoms in total. The van der Waals surface area contributed by atoms with Gasteiger partial charge in [-0.1, -0.05) is 17.7 Å². The van der Waals surface area contributed by atoms with Gasteiger partial charge in [-0.3, -0.25) is 0 Å². The van der Waals surface area contributed by atoms with Crippen molar-refractivity contribution in [1.29, 1.82) is 0 Å². The second-order valence-corrected chi connectivity index (χ2v) is 5.08. The normalized spacial score (nSPS) is 11.0. The van der Waals surface area contributed by atoms with Crippen LogP contribution in [-0.2, 0) is 0 Å². The zero-order valence-electron chi connectivity index (χ0n) is 9.15. The first-order valence-electron chi connectivity index (χ1n) is 5.25. The van der Waals surface area contributed by atoms with Crippen LogP contribution in [0.5, 0.6) is 0 Å². The fourth-order valence-corrected chi connectivity index (χ4v) is 2.30. The van der Waals surface area contributed by atoms with E-state index in [1.807, 2.05) is 24.3 Å². The molecule has 0 saturated heterocycles. The molecular weight excluding hydrogens is 316 g/mol. The minimum Gasteiger partial charge on any atom is -0.436 e. The van der Waals surface area contributed by atoms with Gasteiger partial charge in [0.15, 0.2) is 5.58 Å². The molecule has 0 aliphatic heterocycles. The Morgan fingerprint density at radius 3 is 2.89 bits per heavy atom. The molecule has 0 radical (unpaired) electrons. The molecule has 0 aliphatic carbocycles. The van der Waals surface area contributed by atoms with Crippen LogP contribution in [0, 0.1) is 0 Å². The lowest BCUT2D eigenvalue weighted by Gasteiger charge is -2.00. The number of hydrogen-bond acceptors (Lipinski definition) is 3. The Labute approximate surface area is 117 Å². The van der Waals surface area contributed by atoms with Crippen molar-refractivity contribution in [2.24, 2.45) is 0 Å². The number of halogens is 2. The first-order chi connectivity index (χ1) is 8.65. The number of nitrogen functional groups attached to an aromatic ring is 1. The molecule has 0 spiro atoms. The highest BCUT2D eigenvalue weighted by molar-refractivity contribution is 9.10. The van der Waals surface area contributed by atoms with Gasteiger partial charge in [-0.25, -0.2) is 4.98 Å². The number of rotatable bonds is 1. The maximum atomic E-state index is 6.22. The summed E-state index contributed by atoms with van der Waals surface area (Å²) in [7, 11) is 0. The van der Waals surface area contributed by atoms with Crippen LogP contribution in [0.25, 0.3) is 22.6 Å². The first-order valence-corrected chi connectivity index (χ1v) is 6.43. The SMILES string of the molecule is Nc1ccc2nc(-c3cccc(Br)c3Cl)oc2c1. The molecule has 3 aromatic rings. The van der Waals surface area contributed by atoms with E-state index in [2.05, 4.69) is 20.9 Å². The number of nitrogens with two attached hydrogens (primary N) is 1. The predicted molar refractivity (Wildman–Crippen MR) is 76.6 cm³/mol. The zero-order chi connectivity index (χ0) is 12.7. The minimum absolute atomic E-state index is 0.488. The van der Waals surface area contributed by atoms with Crippen molar-refractivity contribution in [1.82, 2.24) is 4.98 Å². The Bertz CT molecular complexity index is 739. The van der Waals surface area contributed by atoms with Gasteiger partial charge in [-0.2, -0.15) is 0 Å². The van der Waals surface area contributed by atoms with Crippen molar-refractivity contribution in [2.45, 2.75) is 0 Å². The molecule has 1 heterocycles. The van der Waals surface area contributed by atoms with E-state index in [4.69, 9.17) is 21.8 Å². The fourth-order valence-electron chi connectivity index (χ4n) is 1.73. The average Bonchev–Trinajstić information content (AvgIpc) is 2.75. The van der Waals surface area contributed by atoms with Gasteiger partial charge in [0, 0.05) is 16.2 Å². The molecule has 1 aromatic heterocycles. The number of benzene rings is 2. The van der Waals surface area contributed by atoms with Crippen LogP contribution in [0.1, 0.15) is 0 Å². The third-order valence-electron chi connectivity index (χ3n) is 2.59. The second kappa shape index (κ2) is 4.30. The van der Waals surface area contributed by atoms with Crippen molar-refractivity contribution in [3.63, 3.8) is 0 Å². The molecule has 0 bridgehead atoms. The molecule has 3 rings (SSSR count). The van der Waals surface area contributed by atoms with Crippen molar-refractivity contribution >= 4 is 44.3 Å². The highest BCUT2D eigenvalue weighted by Gasteiger charge is 2.13. The molecule has 0 amide bonds. The van der Waals surface area contributed by atoms with E-state index in [1.165, 1.54) is 0 Å². The summed E-state index contributed by atoms with van der Waals surface area (Å²) in [5, 5.41) is 0.581. The third kappa shape index (κ3) is 1.87. The van der Waals surface area contributed by atoms with Crippen molar-refractivity contribution < 1.29 is 4.42 Å². The molecule has 2 aromatic carbocycles. The molecule has 0 atom stereocenters. The van der Waals surface area contributed by atoms with E-state index in [0.717, 1.165) is 15.6 Å². The average molecular weight is 324 g/mol. The van der Waals surface area contributed by atoms with Crippen LogP contribution in [0.2, 0.25) is 5.02 Å². The Kier molecular flexibility index (Phi) is 2.76. The monoisotopic (exact) mass is 322 g/mol. The molecule has 0 unspecified atom stereocenters. The number of anilines is 1. The zero-order valence-corrected chi connectivity index (χ0v) is 11.5. The van der Waals surface area contributed by atoms with Crippen molar-refractivity contribution in [3.05, 3.63) is 45.9 Å². The molecule has 0 aliphatic rings. The summed E-state index contributed by atoms with van der Waals surface area (Å²) in [6.45, 7) is 0. The molecule has 2 N–H and O–H groups in total. The minimum atomic E-state index is 0.488. The van der Waals surface area contributed by atoms with Crippen molar-refractivity contribution in [2.75, 3.05) is 5.73 Å². The Morgan fingerprint density at radius 2 is 2.06 bits per heavy atom. The number of aromatic nitrogens is 1. The summed E-state index contributed by atoms with van der Waals surface area (Å²) in [6, 6.07) is 11.0. The molecule has 90 valence electrons. The standard InChI is InChI=1S/C13H8BrClN2O/c14-9-3-1-2-8(12(9)15)13-17-10-5-4-7(16)6-11(10)18-13/h1-6H,16H2. The topological polar surface area (TPSA) is 52.0 Å². The molecule has 18 heavy (non-hydrogen) atoms. The molecule has 5 heteroatoms. The summed E-state index contributed by atoms with van der Waals surface area (Å²) in [6.07, 6.45) is 0. The smallest absolute Gasteiger partial charge is 0.228 e. The maximum absolute atomic E-state index is 6.22. The second-order valence-electron chi connectivity index (χ2n) is 3.85. The van der Waals surface area contributed by atoms with Crippen LogP contribution in [0.4, 0.5) is 5.69 Å². The number of oxazole rings is 1. The lowest BCUT2D eigenvalue weighted by molar-refractivity contribution is 0.620. The summed E-state index contributed by atoms with van der Waals surface area (Å²) in [5.41, 5.74) is 8.51. The predicted octanol–water partition coefficient (Wildman–Crippen LogP) is 4.49. The summed E-state index contributed by atoms with van der Waals surface area (Å²) in [4.78, 5) is 4.40. The lowest BCUT2D eigenvalue weighted by Crippen LogP contribution is -1.81. The number of hydrogen-bond donors (Lipinski definition) is 1. The van der Waals surface area contributed by atoms with Crippen LogP contribution in [-0.4, -0.2) is 4.98 Å². The Hall–Kier alpha value is -1.52. The van der Waals surface area contributed by atoms with E-state index in [0.29, 0.717) is 22.2 Å². The third-order valence-corrected chi connectivity index (χ3v) is 3.89. The van der Waals surface area contributed by atoms with Gasteiger partial charge >= 0.3 is 0 Å². The van der Waals surface area contributed by atoms with Crippen LogP contribution in [0.3, 0.4) is 0 Å². The van der Waals surface area contributed by atoms with E-state index < -0.39 is 0 Å². The molecule has 0 saturated carbocycles. The van der Waals surface area contributed by atoms with E-state index in [-0.39, 0.29) is 0 Å². The van der Waals surface area contributed by atoms with Gasteiger partial charge in [0.05, 0.1) is 10.6 Å². The quantitative estimate of drug-likeness (QED) is 0.671. The fraction of sp³-hybridized carbons (Fsp3) is 0. The Morgan fingerprint density at radius 1 is 1.22 bits per heavy atom. The van der Waals surface area contributed by atoms with E-state index in [9.17, 15) is 0 Å². The summed E-state index contributed by atoms with van der Waals surface area (Å²) in [5.74, 6) is 0.488. The molecule has 0 fully saturated rings. The highest BCUT2D eigenvalue weighted by Crippen LogP contribution is 2.34. The molecular formula is C13H8BrClN2O. The van der Waals surface area contributed by atoms with E-state index in [1.54, 1.807) is 12.1 Å². The highest BCUT2D eigenvalue weighted by atomic mass is 79.9. The van der Waals surface area contributed by atoms with Crippen molar-refractivity contribution in [3.8, 4) is 11.5 Å². The van der Waals surface area contributed by atoms with Crippen LogP contribution in [0.15, 0.2) is 45.3 Å². The number of nitrogens with zero attached hydrogens (tertiary/aromatic N) is 1. The van der Waals surface area contributed by atoms with Gasteiger partial charge < -0.3 is 10.2 Å². The van der Waals surface area contributed by atoms with Gasteiger partial charge in [-0.05, 0) is 40.2 Å². The lowest BCUT2D eigenvalue weighted by atomic mass is 10.2. The van der Waals surface area contributed by atoms with Crippen LogP contribution < -0.4 is 5.73 Å². The Balaban J connectivity index is 2.22. The van der Waals surface area contributed by atoms with Gasteiger partial charge in [-0.15, -0.1) is 0 Å².